The molecule has 0 N–H and O–H groups in total. The molecule has 0 unspecified atom stereocenters. The predicted molar refractivity (Wildman–Crippen MR) is 102 cm³/mol. The maximum absolute atomic E-state index is 12.5. The third-order valence-electron chi connectivity index (χ3n) is 4.70. The summed E-state index contributed by atoms with van der Waals surface area (Å²) in [5, 5.41) is 0. The van der Waals surface area contributed by atoms with Gasteiger partial charge in [0.2, 0.25) is 5.91 Å². The van der Waals surface area contributed by atoms with E-state index in [1.54, 1.807) is 30.3 Å². The van der Waals surface area contributed by atoms with E-state index in [1.807, 2.05) is 18.2 Å². The number of aromatic nitrogens is 1. The third kappa shape index (κ3) is 5.63. The number of hydrogen-bond donors (Lipinski definition) is 0. The van der Waals surface area contributed by atoms with Gasteiger partial charge >= 0.3 is 6.61 Å². The Balaban J connectivity index is 1.44. The second-order valence-electron chi connectivity index (χ2n) is 6.72. The summed E-state index contributed by atoms with van der Waals surface area (Å²) in [5.74, 6) is 1.10. The average molecular weight is 390 g/mol. The summed E-state index contributed by atoms with van der Waals surface area (Å²) in [6, 6.07) is 12.2. The highest BCUT2D eigenvalue weighted by molar-refractivity contribution is 5.78. The van der Waals surface area contributed by atoms with Gasteiger partial charge in [-0.2, -0.15) is 8.78 Å². The largest absolute Gasteiger partial charge is 0.435 e. The smallest absolute Gasteiger partial charge is 0.387 e. The van der Waals surface area contributed by atoms with Crippen molar-refractivity contribution in [3.05, 3.63) is 54.2 Å². The molecule has 1 aliphatic rings. The molecule has 2 aromatic rings. The molecule has 8 heteroatoms. The minimum atomic E-state index is -2.84. The summed E-state index contributed by atoms with van der Waals surface area (Å²) in [4.78, 5) is 22.9. The lowest BCUT2D eigenvalue weighted by molar-refractivity contribution is -0.131. The molecule has 1 aromatic carbocycles. The Morgan fingerprint density at radius 2 is 1.86 bits per heavy atom. The second kappa shape index (κ2) is 9.45. The average Bonchev–Trinajstić information content (AvgIpc) is 2.70. The Morgan fingerprint density at radius 1 is 1.14 bits per heavy atom. The van der Waals surface area contributed by atoms with Crippen molar-refractivity contribution >= 4 is 11.7 Å². The van der Waals surface area contributed by atoms with E-state index in [9.17, 15) is 13.6 Å². The number of nitrogens with zero attached hydrogens (tertiary/aromatic N) is 4. The summed E-state index contributed by atoms with van der Waals surface area (Å²) in [6.45, 7) is 1.21. The van der Waals surface area contributed by atoms with E-state index in [1.165, 1.54) is 12.1 Å². The van der Waals surface area contributed by atoms with Crippen LogP contribution in [0.1, 0.15) is 5.56 Å². The molecule has 3 rings (SSSR count). The fraction of sp³-hybridized carbons (Fsp3) is 0.400. The molecule has 28 heavy (non-hydrogen) atoms. The first-order valence-electron chi connectivity index (χ1n) is 9.17. The number of anilines is 1. The fourth-order valence-electron chi connectivity index (χ4n) is 3.13. The van der Waals surface area contributed by atoms with Crippen LogP contribution < -0.4 is 9.64 Å². The summed E-state index contributed by atoms with van der Waals surface area (Å²) in [6.07, 6.45) is 1.78. The Hall–Kier alpha value is -2.74. The highest BCUT2D eigenvalue weighted by atomic mass is 19.3. The van der Waals surface area contributed by atoms with Gasteiger partial charge in [-0.3, -0.25) is 9.69 Å². The molecule has 150 valence electrons. The molecule has 0 bridgehead atoms. The molecule has 0 radical (unpaired) electrons. The minimum absolute atomic E-state index is 0.0270. The number of pyridine rings is 1. The second-order valence-corrected chi connectivity index (χ2v) is 6.72. The first-order valence-corrected chi connectivity index (χ1v) is 9.17. The number of carbonyl (C=O) groups excluding carboxylic acids is 1. The van der Waals surface area contributed by atoms with Crippen molar-refractivity contribution in [2.75, 3.05) is 44.7 Å². The Labute approximate surface area is 163 Å². The monoisotopic (exact) mass is 390 g/mol. The predicted octanol–water partition coefficient (Wildman–Crippen LogP) is 2.46. The van der Waals surface area contributed by atoms with E-state index in [4.69, 9.17) is 0 Å². The van der Waals surface area contributed by atoms with Crippen LogP contribution in [0.3, 0.4) is 0 Å². The molecular weight excluding hydrogens is 366 g/mol. The lowest BCUT2D eigenvalue weighted by Gasteiger charge is -2.35. The Bertz CT molecular complexity index is 751. The van der Waals surface area contributed by atoms with Crippen molar-refractivity contribution in [2.45, 2.75) is 13.2 Å². The van der Waals surface area contributed by atoms with Gasteiger partial charge in [0.05, 0.1) is 6.54 Å². The van der Waals surface area contributed by atoms with Crippen LogP contribution in [0, 0.1) is 0 Å². The summed E-state index contributed by atoms with van der Waals surface area (Å²) < 4.78 is 28.7. The molecule has 0 spiro atoms. The topological polar surface area (TPSA) is 48.9 Å². The van der Waals surface area contributed by atoms with Crippen molar-refractivity contribution in [3.63, 3.8) is 0 Å². The number of halogens is 2. The number of carbonyl (C=O) groups is 1. The van der Waals surface area contributed by atoms with Gasteiger partial charge < -0.3 is 14.5 Å². The van der Waals surface area contributed by atoms with Crippen LogP contribution >= 0.6 is 0 Å². The van der Waals surface area contributed by atoms with Crippen molar-refractivity contribution < 1.29 is 18.3 Å². The lowest BCUT2D eigenvalue weighted by Crippen LogP contribution is -2.49. The zero-order valence-corrected chi connectivity index (χ0v) is 15.8. The van der Waals surface area contributed by atoms with Crippen molar-refractivity contribution in [2.24, 2.45) is 0 Å². The number of piperazine rings is 1. The zero-order chi connectivity index (χ0) is 19.9. The first-order chi connectivity index (χ1) is 13.5. The first kappa shape index (κ1) is 20.0. The van der Waals surface area contributed by atoms with E-state index >= 15 is 0 Å². The molecule has 2 heterocycles. The van der Waals surface area contributed by atoms with Gasteiger partial charge in [-0.15, -0.1) is 0 Å². The molecular formula is C20H24F2N4O2. The molecule has 0 atom stereocenters. The number of amides is 1. The van der Waals surface area contributed by atoms with Crippen molar-refractivity contribution in [3.8, 4) is 5.75 Å². The van der Waals surface area contributed by atoms with E-state index < -0.39 is 6.61 Å². The van der Waals surface area contributed by atoms with E-state index in [0.717, 1.165) is 37.6 Å². The van der Waals surface area contributed by atoms with Gasteiger partial charge in [0.15, 0.2) is 0 Å². The molecule has 6 nitrogen and oxygen atoms in total. The molecule has 1 aromatic heterocycles. The summed E-state index contributed by atoms with van der Waals surface area (Å²) >= 11 is 0. The minimum Gasteiger partial charge on any atom is -0.435 e. The number of benzene rings is 1. The van der Waals surface area contributed by atoms with E-state index in [-0.39, 0.29) is 11.7 Å². The summed E-state index contributed by atoms with van der Waals surface area (Å²) in [7, 11) is 1.75. The molecule has 1 fully saturated rings. The standard InChI is InChI=1S/C20H24F2N4O2/c1-24(14-16-5-7-17(8-6-16)28-20(21)22)19(27)15-25-10-12-26(13-11-25)18-4-2-3-9-23-18/h2-9,20H,10-15H2,1H3. The highest BCUT2D eigenvalue weighted by Gasteiger charge is 2.21. The zero-order valence-electron chi connectivity index (χ0n) is 15.8. The number of ether oxygens (including phenoxy) is 1. The van der Waals surface area contributed by atoms with Crippen LogP contribution in [-0.2, 0) is 11.3 Å². The number of alkyl halides is 2. The van der Waals surface area contributed by atoms with Crippen LogP contribution in [0.25, 0.3) is 0 Å². The lowest BCUT2D eigenvalue weighted by atomic mass is 10.2. The Morgan fingerprint density at radius 3 is 2.46 bits per heavy atom. The van der Waals surface area contributed by atoms with Gasteiger partial charge in [0.25, 0.3) is 0 Å². The fourth-order valence-corrected chi connectivity index (χ4v) is 3.13. The third-order valence-corrected chi connectivity index (χ3v) is 4.70. The normalized spacial score (nSPS) is 14.9. The quantitative estimate of drug-likeness (QED) is 0.727. The molecule has 1 aliphatic heterocycles. The molecule has 0 aliphatic carbocycles. The van der Waals surface area contributed by atoms with Crippen LogP contribution in [0.15, 0.2) is 48.7 Å². The molecule has 1 saturated heterocycles. The maximum atomic E-state index is 12.5. The van der Waals surface area contributed by atoms with Gasteiger partial charge in [-0.05, 0) is 29.8 Å². The number of likely N-dealkylation sites (N-methyl/N-ethyl adjacent to an activating group) is 1. The van der Waals surface area contributed by atoms with Crippen molar-refractivity contribution in [1.82, 2.24) is 14.8 Å². The van der Waals surface area contributed by atoms with Crippen LogP contribution in [-0.4, -0.2) is 67.1 Å². The van der Waals surface area contributed by atoms with Crippen LogP contribution in [0.4, 0.5) is 14.6 Å². The van der Waals surface area contributed by atoms with Crippen molar-refractivity contribution in [1.29, 1.82) is 0 Å². The van der Waals surface area contributed by atoms with Gasteiger partial charge in [0, 0.05) is 46.0 Å². The Kier molecular flexibility index (Phi) is 6.76. The van der Waals surface area contributed by atoms with Crippen LogP contribution in [0.2, 0.25) is 0 Å². The van der Waals surface area contributed by atoms with Gasteiger partial charge in [0.1, 0.15) is 11.6 Å². The maximum Gasteiger partial charge on any atom is 0.387 e. The SMILES string of the molecule is CN(Cc1ccc(OC(F)F)cc1)C(=O)CN1CCN(c2ccccn2)CC1. The van der Waals surface area contributed by atoms with E-state index in [0.29, 0.717) is 13.1 Å². The van der Waals surface area contributed by atoms with Gasteiger partial charge in [-0.25, -0.2) is 4.98 Å². The van der Waals surface area contributed by atoms with E-state index in [2.05, 4.69) is 19.5 Å². The molecule has 0 saturated carbocycles. The molecule has 1 amide bonds. The highest BCUT2D eigenvalue weighted by Crippen LogP contribution is 2.16. The van der Waals surface area contributed by atoms with Gasteiger partial charge in [-0.1, -0.05) is 18.2 Å². The number of rotatable bonds is 7. The van der Waals surface area contributed by atoms with Crippen LogP contribution in [0.5, 0.6) is 5.75 Å². The number of hydrogen-bond acceptors (Lipinski definition) is 5. The summed E-state index contributed by atoms with van der Waals surface area (Å²) in [5.41, 5.74) is 0.859.